The molecular formula is C17H26FN3O3S. The largest absolute Gasteiger partial charge is 0.352 e. The number of hydrogen-bond donors (Lipinski definition) is 1. The van der Waals surface area contributed by atoms with E-state index in [1.54, 1.807) is 26.0 Å². The lowest BCUT2D eigenvalue weighted by molar-refractivity contribution is -0.126. The van der Waals surface area contributed by atoms with Crippen LogP contribution in [0.3, 0.4) is 0 Å². The maximum Gasteiger partial charge on any atom is 0.281 e. The van der Waals surface area contributed by atoms with Gasteiger partial charge in [0.25, 0.3) is 10.2 Å². The smallest absolute Gasteiger partial charge is 0.281 e. The van der Waals surface area contributed by atoms with Crippen molar-refractivity contribution >= 4 is 16.1 Å². The van der Waals surface area contributed by atoms with Gasteiger partial charge < -0.3 is 5.32 Å². The second kappa shape index (κ2) is 8.73. The molecule has 0 aromatic heterocycles. The standard InChI is InChI=1S/C17H26FN3O3S/c1-3-20(4-2)25(23,24)21-11-5-6-15(13-21)17(22)19-12-14-7-9-16(18)10-8-14/h7-10,15H,3-6,11-13H2,1-2H3,(H,19,22). The molecule has 0 bridgehead atoms. The SMILES string of the molecule is CCN(CC)S(=O)(=O)N1CCCC(C(=O)NCc2ccc(F)cc2)C1. The zero-order valence-corrected chi connectivity index (χ0v) is 15.6. The number of halogens is 1. The summed E-state index contributed by atoms with van der Waals surface area (Å²) in [7, 11) is -3.52. The van der Waals surface area contributed by atoms with Gasteiger partial charge in [0.2, 0.25) is 5.91 Å². The van der Waals surface area contributed by atoms with Gasteiger partial charge in [-0.05, 0) is 30.5 Å². The van der Waals surface area contributed by atoms with Gasteiger partial charge in [-0.2, -0.15) is 17.0 Å². The molecule has 1 atom stereocenters. The number of carbonyl (C=O) groups excluding carboxylic acids is 1. The highest BCUT2D eigenvalue weighted by Crippen LogP contribution is 2.21. The average Bonchev–Trinajstić information content (AvgIpc) is 2.62. The van der Waals surface area contributed by atoms with Crippen LogP contribution in [0.2, 0.25) is 0 Å². The summed E-state index contributed by atoms with van der Waals surface area (Å²) in [6.45, 7) is 5.39. The normalized spacial score (nSPS) is 19.1. The van der Waals surface area contributed by atoms with Gasteiger partial charge in [-0.3, -0.25) is 4.79 Å². The highest BCUT2D eigenvalue weighted by atomic mass is 32.2. The molecule has 0 saturated carbocycles. The van der Waals surface area contributed by atoms with Crippen molar-refractivity contribution < 1.29 is 17.6 Å². The number of rotatable bonds is 7. The van der Waals surface area contributed by atoms with E-state index in [2.05, 4.69) is 5.32 Å². The molecule has 25 heavy (non-hydrogen) atoms. The van der Waals surface area contributed by atoms with Gasteiger partial charge in [0.05, 0.1) is 5.92 Å². The number of nitrogens with zero attached hydrogens (tertiary/aromatic N) is 2. The second-order valence-electron chi connectivity index (χ2n) is 6.13. The third-order valence-corrected chi connectivity index (χ3v) is 6.65. The number of piperidine rings is 1. The van der Waals surface area contributed by atoms with Crippen molar-refractivity contribution in [2.45, 2.75) is 33.2 Å². The first-order valence-electron chi connectivity index (χ1n) is 8.65. The predicted molar refractivity (Wildman–Crippen MR) is 94.4 cm³/mol. The lowest BCUT2D eigenvalue weighted by Crippen LogP contribution is -2.50. The first-order chi connectivity index (χ1) is 11.9. The summed E-state index contributed by atoms with van der Waals surface area (Å²) in [4.78, 5) is 12.4. The summed E-state index contributed by atoms with van der Waals surface area (Å²) in [5.41, 5.74) is 0.804. The van der Waals surface area contributed by atoms with Crippen molar-refractivity contribution in [1.82, 2.24) is 13.9 Å². The van der Waals surface area contributed by atoms with Crippen molar-refractivity contribution in [3.05, 3.63) is 35.6 Å². The molecule has 1 amide bonds. The Morgan fingerprint density at radius 2 is 1.92 bits per heavy atom. The Hall–Kier alpha value is -1.51. The predicted octanol–water partition coefficient (Wildman–Crippen LogP) is 1.74. The molecule has 1 N–H and O–H groups in total. The Balaban J connectivity index is 1.95. The van der Waals surface area contributed by atoms with E-state index in [9.17, 15) is 17.6 Å². The van der Waals surface area contributed by atoms with Gasteiger partial charge in [0, 0.05) is 32.7 Å². The Morgan fingerprint density at radius 1 is 1.28 bits per heavy atom. The van der Waals surface area contributed by atoms with E-state index >= 15 is 0 Å². The van der Waals surface area contributed by atoms with Crippen molar-refractivity contribution in [2.75, 3.05) is 26.2 Å². The second-order valence-corrected chi connectivity index (χ2v) is 8.06. The molecule has 0 radical (unpaired) electrons. The average molecular weight is 371 g/mol. The molecule has 6 nitrogen and oxygen atoms in total. The summed E-state index contributed by atoms with van der Waals surface area (Å²) in [5.74, 6) is -0.845. The van der Waals surface area contributed by atoms with Crippen LogP contribution in [0, 0.1) is 11.7 Å². The Kier molecular flexibility index (Phi) is 6.92. The monoisotopic (exact) mass is 371 g/mol. The van der Waals surface area contributed by atoms with Crippen LogP contribution >= 0.6 is 0 Å². The van der Waals surface area contributed by atoms with Gasteiger partial charge in [-0.15, -0.1) is 0 Å². The molecule has 1 unspecified atom stereocenters. The third-order valence-electron chi connectivity index (χ3n) is 4.49. The molecule has 0 aliphatic carbocycles. The highest BCUT2D eigenvalue weighted by molar-refractivity contribution is 7.86. The first kappa shape index (κ1) is 19.8. The van der Waals surface area contributed by atoms with E-state index in [1.165, 1.54) is 20.7 Å². The molecule has 1 aromatic rings. The molecule has 0 spiro atoms. The van der Waals surface area contributed by atoms with Crippen molar-refractivity contribution in [1.29, 1.82) is 0 Å². The molecule has 1 aromatic carbocycles. The number of amides is 1. The van der Waals surface area contributed by atoms with Gasteiger partial charge in [0.1, 0.15) is 5.82 Å². The van der Waals surface area contributed by atoms with Gasteiger partial charge >= 0.3 is 0 Å². The lowest BCUT2D eigenvalue weighted by Gasteiger charge is -2.34. The van der Waals surface area contributed by atoms with E-state index in [0.717, 1.165) is 5.56 Å². The number of nitrogens with one attached hydrogen (secondary N) is 1. The molecule has 140 valence electrons. The summed E-state index contributed by atoms with van der Waals surface area (Å²) in [6, 6.07) is 5.93. The zero-order chi connectivity index (χ0) is 18.4. The summed E-state index contributed by atoms with van der Waals surface area (Å²) >= 11 is 0. The fourth-order valence-corrected chi connectivity index (χ4v) is 4.72. The molecule has 1 saturated heterocycles. The molecule has 2 rings (SSSR count). The van der Waals surface area contributed by atoms with Crippen molar-refractivity contribution in [3.8, 4) is 0 Å². The number of benzene rings is 1. The van der Waals surface area contributed by atoms with Crippen LogP contribution in [0.25, 0.3) is 0 Å². The quantitative estimate of drug-likeness (QED) is 0.794. The molecule has 1 heterocycles. The Bertz CT molecular complexity index is 675. The molecule has 1 aliphatic rings. The zero-order valence-electron chi connectivity index (χ0n) is 14.7. The van der Waals surface area contributed by atoms with Gasteiger partial charge in [0.15, 0.2) is 0 Å². The fourth-order valence-electron chi connectivity index (χ4n) is 3.01. The number of hydrogen-bond acceptors (Lipinski definition) is 3. The van der Waals surface area contributed by atoms with Crippen LogP contribution in [0.4, 0.5) is 4.39 Å². The minimum atomic E-state index is -3.52. The molecular weight excluding hydrogens is 345 g/mol. The van der Waals surface area contributed by atoms with E-state index in [0.29, 0.717) is 39.0 Å². The molecule has 1 aliphatic heterocycles. The van der Waals surface area contributed by atoms with Crippen LogP contribution in [0.15, 0.2) is 24.3 Å². The van der Waals surface area contributed by atoms with Gasteiger partial charge in [-0.25, -0.2) is 4.39 Å². The van der Waals surface area contributed by atoms with E-state index in [1.807, 2.05) is 0 Å². The van der Waals surface area contributed by atoms with Gasteiger partial charge in [-0.1, -0.05) is 26.0 Å². The summed E-state index contributed by atoms with van der Waals surface area (Å²) < 4.78 is 40.9. The third kappa shape index (κ3) is 4.99. The number of carbonyl (C=O) groups is 1. The van der Waals surface area contributed by atoms with E-state index < -0.39 is 10.2 Å². The van der Waals surface area contributed by atoms with Crippen LogP contribution in [-0.4, -0.2) is 49.1 Å². The van der Waals surface area contributed by atoms with Crippen LogP contribution in [0.1, 0.15) is 32.3 Å². The van der Waals surface area contributed by atoms with Crippen LogP contribution in [-0.2, 0) is 21.5 Å². The maximum absolute atomic E-state index is 12.9. The van der Waals surface area contributed by atoms with Crippen LogP contribution in [0.5, 0.6) is 0 Å². The topological polar surface area (TPSA) is 69.7 Å². The lowest BCUT2D eigenvalue weighted by atomic mass is 9.99. The Morgan fingerprint density at radius 3 is 2.52 bits per heavy atom. The minimum Gasteiger partial charge on any atom is -0.352 e. The minimum absolute atomic E-state index is 0.163. The highest BCUT2D eigenvalue weighted by Gasteiger charge is 2.34. The summed E-state index contributed by atoms with van der Waals surface area (Å²) in [6.07, 6.45) is 1.33. The first-order valence-corrected chi connectivity index (χ1v) is 10.1. The van der Waals surface area contributed by atoms with E-state index in [4.69, 9.17) is 0 Å². The van der Waals surface area contributed by atoms with Crippen molar-refractivity contribution in [2.24, 2.45) is 5.92 Å². The fraction of sp³-hybridized carbons (Fsp3) is 0.588. The Labute approximate surface area is 149 Å². The van der Waals surface area contributed by atoms with Crippen LogP contribution < -0.4 is 5.32 Å². The van der Waals surface area contributed by atoms with E-state index in [-0.39, 0.29) is 24.2 Å². The van der Waals surface area contributed by atoms with Crippen molar-refractivity contribution in [3.63, 3.8) is 0 Å². The summed E-state index contributed by atoms with van der Waals surface area (Å²) in [5, 5.41) is 2.82. The molecule has 1 fully saturated rings. The maximum atomic E-state index is 12.9. The molecule has 8 heteroatoms.